The second kappa shape index (κ2) is 8.60. The van der Waals surface area contributed by atoms with E-state index in [1.54, 1.807) is 11.4 Å². The number of hydrogen-bond donors (Lipinski definition) is 2. The van der Waals surface area contributed by atoms with Gasteiger partial charge in [0.2, 0.25) is 5.91 Å². The zero-order valence-electron chi connectivity index (χ0n) is 10.9. The number of rotatable bonds is 8. The lowest BCUT2D eigenvalue weighted by molar-refractivity contribution is -0.140. The Morgan fingerprint density at radius 3 is 2.80 bits per heavy atom. The van der Waals surface area contributed by atoms with Crippen LogP contribution in [0.25, 0.3) is 0 Å². The number of carbonyl (C=O) groups is 3. The van der Waals surface area contributed by atoms with Crippen molar-refractivity contribution in [2.45, 2.75) is 17.7 Å². The number of thioether (sulfide) groups is 1. The maximum absolute atomic E-state index is 11.5. The molecule has 0 aliphatic heterocycles. The molecule has 1 heterocycles. The Balaban J connectivity index is 2.19. The Morgan fingerprint density at radius 1 is 1.45 bits per heavy atom. The average molecular weight is 317 g/mol. The van der Waals surface area contributed by atoms with Crippen LogP contribution in [0.15, 0.2) is 16.3 Å². The minimum absolute atomic E-state index is 0.150. The molecule has 6 nitrogen and oxygen atoms in total. The summed E-state index contributed by atoms with van der Waals surface area (Å²) in [5.74, 6) is -1.20. The van der Waals surface area contributed by atoms with Crippen LogP contribution in [0, 0.1) is 0 Å². The van der Waals surface area contributed by atoms with Crippen LogP contribution in [0.4, 0.5) is 0 Å². The van der Waals surface area contributed by atoms with Gasteiger partial charge in [0, 0.05) is 23.2 Å². The number of carbonyl (C=O) groups excluding carboxylic acids is 2. The van der Waals surface area contributed by atoms with E-state index in [0.717, 1.165) is 16.2 Å². The molecule has 0 spiro atoms. The molecule has 0 aliphatic rings. The zero-order chi connectivity index (χ0) is 15.0. The van der Waals surface area contributed by atoms with E-state index in [2.05, 4.69) is 10.1 Å². The number of nitrogens with one attached hydrogen (secondary N) is 1. The number of aromatic carboxylic acids is 1. The molecule has 1 aromatic rings. The van der Waals surface area contributed by atoms with Crippen LogP contribution in [-0.2, 0) is 14.3 Å². The first kappa shape index (κ1) is 16.5. The summed E-state index contributed by atoms with van der Waals surface area (Å²) in [6.07, 6.45) is 0.807. The number of methoxy groups -OCH3 is 1. The van der Waals surface area contributed by atoms with E-state index >= 15 is 0 Å². The third-order valence-corrected chi connectivity index (χ3v) is 4.31. The summed E-state index contributed by atoms with van der Waals surface area (Å²) >= 11 is 2.41. The van der Waals surface area contributed by atoms with Crippen LogP contribution in [-0.4, -0.2) is 42.4 Å². The molecule has 0 aliphatic carbocycles. The fourth-order valence-corrected chi connectivity index (χ4v) is 2.97. The van der Waals surface area contributed by atoms with Crippen molar-refractivity contribution in [2.75, 3.05) is 19.4 Å². The largest absolute Gasteiger partial charge is 0.477 e. The molecule has 20 heavy (non-hydrogen) atoms. The number of amides is 1. The van der Waals surface area contributed by atoms with Crippen molar-refractivity contribution < 1.29 is 24.2 Å². The fraction of sp³-hybridized carbons (Fsp3) is 0.417. The van der Waals surface area contributed by atoms with E-state index in [1.165, 1.54) is 18.9 Å². The normalized spacial score (nSPS) is 10.1. The standard InChI is InChI=1S/C12H15NO5S2/c1-18-11(15)3-2-4-13-10(14)7-19-8-5-9(12(16)17)20-6-8/h5-6H,2-4,7H2,1H3,(H,13,14)(H,16,17). The highest BCUT2D eigenvalue weighted by atomic mass is 32.2. The van der Waals surface area contributed by atoms with Gasteiger partial charge in [-0.05, 0) is 12.5 Å². The lowest BCUT2D eigenvalue weighted by atomic mass is 10.3. The van der Waals surface area contributed by atoms with Crippen LogP contribution in [0.3, 0.4) is 0 Å². The highest BCUT2D eigenvalue weighted by Gasteiger charge is 2.09. The predicted octanol–water partition coefficient (Wildman–Crippen LogP) is 1.61. The molecule has 110 valence electrons. The van der Waals surface area contributed by atoms with E-state index in [1.807, 2.05) is 0 Å². The first-order valence-corrected chi connectivity index (χ1v) is 7.67. The smallest absolute Gasteiger partial charge is 0.345 e. The summed E-state index contributed by atoms with van der Waals surface area (Å²) < 4.78 is 4.48. The summed E-state index contributed by atoms with van der Waals surface area (Å²) in [7, 11) is 1.32. The van der Waals surface area contributed by atoms with Crippen molar-refractivity contribution in [2.24, 2.45) is 0 Å². The Labute approximate surface area is 124 Å². The minimum atomic E-state index is -0.964. The van der Waals surface area contributed by atoms with Crippen molar-refractivity contribution in [3.63, 3.8) is 0 Å². The SMILES string of the molecule is COC(=O)CCCNC(=O)CSc1csc(C(=O)O)c1. The van der Waals surface area contributed by atoms with Gasteiger partial charge in [0.1, 0.15) is 4.88 Å². The molecule has 1 rings (SSSR count). The lowest BCUT2D eigenvalue weighted by Gasteiger charge is -2.03. The predicted molar refractivity (Wildman–Crippen MR) is 76.3 cm³/mol. The van der Waals surface area contributed by atoms with Crippen molar-refractivity contribution in [1.82, 2.24) is 5.32 Å². The topological polar surface area (TPSA) is 92.7 Å². The third kappa shape index (κ3) is 6.07. The molecule has 0 bridgehead atoms. The van der Waals surface area contributed by atoms with Gasteiger partial charge in [0.05, 0.1) is 12.9 Å². The molecule has 0 saturated carbocycles. The van der Waals surface area contributed by atoms with Gasteiger partial charge < -0.3 is 15.2 Å². The number of ether oxygens (including phenoxy) is 1. The molecular formula is C12H15NO5S2. The van der Waals surface area contributed by atoms with Gasteiger partial charge in [-0.3, -0.25) is 9.59 Å². The summed E-state index contributed by atoms with van der Waals surface area (Å²) in [5.41, 5.74) is 0. The molecule has 0 radical (unpaired) electrons. The fourth-order valence-electron chi connectivity index (χ4n) is 1.27. The van der Waals surface area contributed by atoms with Crippen molar-refractivity contribution in [3.05, 3.63) is 16.3 Å². The molecule has 1 aromatic heterocycles. The van der Waals surface area contributed by atoms with E-state index < -0.39 is 5.97 Å². The number of carboxylic acid groups (broad SMARTS) is 1. The molecule has 8 heteroatoms. The molecule has 1 amide bonds. The second-order valence-corrected chi connectivity index (χ2v) is 5.73. The first-order valence-electron chi connectivity index (χ1n) is 5.81. The van der Waals surface area contributed by atoms with Gasteiger partial charge in [-0.25, -0.2) is 4.79 Å². The van der Waals surface area contributed by atoms with Crippen LogP contribution >= 0.6 is 23.1 Å². The van der Waals surface area contributed by atoms with E-state index in [9.17, 15) is 14.4 Å². The molecule has 2 N–H and O–H groups in total. The van der Waals surface area contributed by atoms with Crippen molar-refractivity contribution in [3.8, 4) is 0 Å². The number of hydrogen-bond acceptors (Lipinski definition) is 6. The molecule has 0 unspecified atom stereocenters. The Kier molecular flexibility index (Phi) is 7.10. The van der Waals surface area contributed by atoms with Crippen molar-refractivity contribution in [1.29, 1.82) is 0 Å². The lowest BCUT2D eigenvalue weighted by Crippen LogP contribution is -2.26. The monoisotopic (exact) mass is 317 g/mol. The number of thiophene rings is 1. The summed E-state index contributed by atoms with van der Waals surface area (Å²) in [5, 5.41) is 13.2. The molecule has 0 saturated heterocycles. The summed E-state index contributed by atoms with van der Waals surface area (Å²) in [6.45, 7) is 0.415. The quantitative estimate of drug-likeness (QED) is 0.430. The van der Waals surface area contributed by atoms with Gasteiger partial charge in [0.15, 0.2) is 0 Å². The van der Waals surface area contributed by atoms with Crippen LogP contribution in [0.5, 0.6) is 0 Å². The Morgan fingerprint density at radius 2 is 2.20 bits per heavy atom. The summed E-state index contributed by atoms with van der Waals surface area (Å²) in [4.78, 5) is 34.1. The highest BCUT2D eigenvalue weighted by Crippen LogP contribution is 2.24. The second-order valence-electron chi connectivity index (χ2n) is 3.77. The van der Waals surface area contributed by atoms with Gasteiger partial charge in [-0.2, -0.15) is 0 Å². The van der Waals surface area contributed by atoms with Gasteiger partial charge in [-0.1, -0.05) is 0 Å². The maximum Gasteiger partial charge on any atom is 0.345 e. The van der Waals surface area contributed by atoms with Crippen molar-refractivity contribution >= 4 is 40.9 Å². The number of carboxylic acids is 1. The van der Waals surface area contributed by atoms with Gasteiger partial charge >= 0.3 is 11.9 Å². The Bertz CT molecular complexity index is 486. The van der Waals surface area contributed by atoms with Gasteiger partial charge in [0.25, 0.3) is 0 Å². The third-order valence-electron chi connectivity index (χ3n) is 2.26. The molecular weight excluding hydrogens is 302 g/mol. The molecule has 0 aromatic carbocycles. The summed E-state index contributed by atoms with van der Waals surface area (Å²) in [6, 6.07) is 1.54. The van der Waals surface area contributed by atoms with E-state index in [4.69, 9.17) is 5.11 Å². The number of esters is 1. The van der Waals surface area contributed by atoms with E-state index in [0.29, 0.717) is 13.0 Å². The van der Waals surface area contributed by atoms with Crippen LogP contribution < -0.4 is 5.32 Å². The average Bonchev–Trinajstić information content (AvgIpc) is 2.90. The molecule has 0 fully saturated rings. The van der Waals surface area contributed by atoms with E-state index in [-0.39, 0.29) is 28.9 Å². The highest BCUT2D eigenvalue weighted by molar-refractivity contribution is 8.00. The van der Waals surface area contributed by atoms with Crippen LogP contribution in [0.1, 0.15) is 22.5 Å². The van der Waals surface area contributed by atoms with Crippen LogP contribution in [0.2, 0.25) is 0 Å². The molecule has 0 atom stereocenters. The van der Waals surface area contributed by atoms with Gasteiger partial charge in [-0.15, -0.1) is 23.1 Å². The zero-order valence-corrected chi connectivity index (χ0v) is 12.5. The maximum atomic E-state index is 11.5. The Hall–Kier alpha value is -1.54. The first-order chi connectivity index (χ1) is 9.52. The minimum Gasteiger partial charge on any atom is -0.477 e.